The van der Waals surface area contributed by atoms with Crippen LogP contribution >= 0.6 is 0 Å². The summed E-state index contributed by atoms with van der Waals surface area (Å²) in [7, 11) is 0. The number of para-hydroxylation sites is 1. The monoisotopic (exact) mass is 377 g/mol. The molecule has 0 aliphatic rings. The molecular weight excluding hydrogens is 357 g/mol. The average molecular weight is 377 g/mol. The molecule has 0 bridgehead atoms. The Labute approximate surface area is 163 Å². The number of amides is 1. The molecule has 0 aliphatic heterocycles. The molecule has 1 aromatic heterocycles. The van der Waals surface area contributed by atoms with E-state index in [-0.39, 0.29) is 37.1 Å². The lowest BCUT2D eigenvalue weighted by molar-refractivity contribution is -0.117. The van der Waals surface area contributed by atoms with Crippen LogP contribution in [0.3, 0.4) is 0 Å². The Hall–Kier alpha value is -3.43. The van der Waals surface area contributed by atoms with Gasteiger partial charge in [-0.1, -0.05) is 42.5 Å². The molecule has 3 aromatic rings. The highest BCUT2D eigenvalue weighted by Crippen LogP contribution is 2.23. The molecular formula is C22H20FN3O2. The summed E-state index contributed by atoms with van der Waals surface area (Å²) in [5.74, 6) is -0.152. The molecule has 1 heterocycles. The maximum atomic E-state index is 14.2. The number of nitrogens with one attached hydrogen (secondary N) is 1. The van der Waals surface area contributed by atoms with E-state index in [1.165, 1.54) is 17.0 Å². The highest BCUT2D eigenvalue weighted by molar-refractivity contribution is 5.95. The predicted octanol–water partition coefficient (Wildman–Crippen LogP) is 4.04. The third-order valence-corrected chi connectivity index (χ3v) is 4.31. The molecule has 6 heteroatoms. The number of halogens is 1. The Kier molecular flexibility index (Phi) is 6.55. The van der Waals surface area contributed by atoms with Crippen LogP contribution < -0.4 is 10.2 Å². The van der Waals surface area contributed by atoms with Crippen LogP contribution in [0.15, 0.2) is 77.4 Å². The standard InChI is InChI=1S/C22H20FN3O2/c23-18-10-4-5-11-19(18)26(14-7-13-24)21(27)16-25-22(20-12-6-15-28-20)17-8-2-1-3-9-17/h1-6,8-12,15,22,25H,7,14,16H2/t22-/m1/s1. The lowest BCUT2D eigenvalue weighted by atomic mass is 10.0. The Morgan fingerprint density at radius 3 is 2.54 bits per heavy atom. The largest absolute Gasteiger partial charge is 0.467 e. The molecule has 5 nitrogen and oxygen atoms in total. The highest BCUT2D eigenvalue weighted by Gasteiger charge is 2.22. The number of carbonyl (C=O) groups excluding carboxylic acids is 1. The number of benzene rings is 2. The van der Waals surface area contributed by atoms with E-state index in [9.17, 15) is 9.18 Å². The molecule has 142 valence electrons. The second-order valence-electron chi connectivity index (χ2n) is 6.14. The van der Waals surface area contributed by atoms with Crippen molar-refractivity contribution in [3.8, 4) is 6.07 Å². The number of furan rings is 1. The van der Waals surface area contributed by atoms with Gasteiger partial charge in [-0.3, -0.25) is 10.1 Å². The van der Waals surface area contributed by atoms with Crippen molar-refractivity contribution in [1.29, 1.82) is 5.26 Å². The van der Waals surface area contributed by atoms with E-state index >= 15 is 0 Å². The Morgan fingerprint density at radius 1 is 1.11 bits per heavy atom. The molecule has 0 spiro atoms. The molecule has 0 fully saturated rings. The van der Waals surface area contributed by atoms with Crippen molar-refractivity contribution in [2.75, 3.05) is 18.0 Å². The van der Waals surface area contributed by atoms with Crippen LogP contribution in [0, 0.1) is 17.1 Å². The van der Waals surface area contributed by atoms with Crippen LogP contribution in [0.4, 0.5) is 10.1 Å². The number of nitrogens with zero attached hydrogens (tertiary/aromatic N) is 2. The Balaban J connectivity index is 1.78. The highest BCUT2D eigenvalue weighted by atomic mass is 19.1. The van der Waals surface area contributed by atoms with Gasteiger partial charge in [-0.15, -0.1) is 0 Å². The molecule has 2 aromatic carbocycles. The first-order valence-corrected chi connectivity index (χ1v) is 8.94. The van der Waals surface area contributed by atoms with Crippen molar-refractivity contribution >= 4 is 11.6 Å². The fourth-order valence-electron chi connectivity index (χ4n) is 2.98. The van der Waals surface area contributed by atoms with Gasteiger partial charge in [0.25, 0.3) is 0 Å². The summed E-state index contributed by atoms with van der Waals surface area (Å²) < 4.78 is 19.7. The second-order valence-corrected chi connectivity index (χ2v) is 6.14. The number of hydrogen-bond acceptors (Lipinski definition) is 4. The second kappa shape index (κ2) is 9.49. The SMILES string of the molecule is N#CCCN(C(=O)CN[C@H](c1ccccc1)c1ccco1)c1ccccc1F. The van der Waals surface area contributed by atoms with Crippen LogP contribution in [0.2, 0.25) is 0 Å². The number of rotatable bonds is 8. The summed E-state index contributed by atoms with van der Waals surface area (Å²) in [4.78, 5) is 14.2. The molecule has 0 aliphatic carbocycles. The number of hydrogen-bond donors (Lipinski definition) is 1. The molecule has 0 unspecified atom stereocenters. The predicted molar refractivity (Wildman–Crippen MR) is 104 cm³/mol. The van der Waals surface area contributed by atoms with E-state index in [0.717, 1.165) is 5.56 Å². The lowest BCUT2D eigenvalue weighted by Crippen LogP contribution is -2.40. The average Bonchev–Trinajstić information content (AvgIpc) is 3.25. The van der Waals surface area contributed by atoms with Crippen LogP contribution in [-0.4, -0.2) is 19.0 Å². The van der Waals surface area contributed by atoms with Gasteiger partial charge in [0.2, 0.25) is 5.91 Å². The molecule has 0 saturated carbocycles. The van der Waals surface area contributed by atoms with Crippen molar-refractivity contribution < 1.29 is 13.6 Å². The first-order valence-electron chi connectivity index (χ1n) is 8.94. The summed E-state index contributed by atoms with van der Waals surface area (Å²) >= 11 is 0. The minimum atomic E-state index is -0.501. The van der Waals surface area contributed by atoms with E-state index in [4.69, 9.17) is 9.68 Å². The molecule has 0 saturated heterocycles. The zero-order valence-corrected chi connectivity index (χ0v) is 15.2. The molecule has 1 atom stereocenters. The zero-order valence-electron chi connectivity index (χ0n) is 15.2. The lowest BCUT2D eigenvalue weighted by Gasteiger charge is -2.24. The summed E-state index contributed by atoms with van der Waals surface area (Å²) in [6.45, 7) is 0.0781. The van der Waals surface area contributed by atoms with Crippen molar-refractivity contribution in [3.05, 3.63) is 90.1 Å². The minimum absolute atomic E-state index is 0.0416. The van der Waals surface area contributed by atoms with Gasteiger partial charge >= 0.3 is 0 Å². The van der Waals surface area contributed by atoms with Gasteiger partial charge < -0.3 is 9.32 Å². The van der Waals surface area contributed by atoms with Crippen LogP contribution in [0.1, 0.15) is 23.8 Å². The minimum Gasteiger partial charge on any atom is -0.467 e. The van der Waals surface area contributed by atoms with Gasteiger partial charge in [0.05, 0.1) is 37.0 Å². The molecule has 3 rings (SSSR count). The summed E-state index contributed by atoms with van der Waals surface area (Å²) in [5.41, 5.74) is 1.11. The molecule has 1 amide bonds. The zero-order chi connectivity index (χ0) is 19.8. The molecule has 1 N–H and O–H groups in total. The summed E-state index contributed by atoms with van der Waals surface area (Å²) in [6, 6.07) is 21.0. The van der Waals surface area contributed by atoms with E-state index in [0.29, 0.717) is 5.76 Å². The maximum Gasteiger partial charge on any atom is 0.241 e. The van der Waals surface area contributed by atoms with E-state index in [2.05, 4.69) is 5.32 Å². The van der Waals surface area contributed by atoms with Gasteiger partial charge in [0.15, 0.2) is 0 Å². The summed E-state index contributed by atoms with van der Waals surface area (Å²) in [6.07, 6.45) is 1.69. The first-order chi connectivity index (χ1) is 13.7. The quantitative estimate of drug-likeness (QED) is 0.643. The van der Waals surface area contributed by atoms with Gasteiger partial charge in [0, 0.05) is 6.54 Å². The first kappa shape index (κ1) is 19.3. The number of anilines is 1. The fraction of sp³-hybridized carbons (Fsp3) is 0.182. The van der Waals surface area contributed by atoms with Crippen molar-refractivity contribution in [2.45, 2.75) is 12.5 Å². The Bertz CT molecular complexity index is 936. The third kappa shape index (κ3) is 4.64. The van der Waals surface area contributed by atoms with Crippen LogP contribution in [0.5, 0.6) is 0 Å². The van der Waals surface area contributed by atoms with Crippen LogP contribution in [-0.2, 0) is 4.79 Å². The van der Waals surface area contributed by atoms with Gasteiger partial charge in [0.1, 0.15) is 11.6 Å². The summed E-state index contributed by atoms with van der Waals surface area (Å²) in [5, 5.41) is 12.1. The van der Waals surface area contributed by atoms with Crippen LogP contribution in [0.25, 0.3) is 0 Å². The number of nitriles is 1. The van der Waals surface area contributed by atoms with E-state index < -0.39 is 5.82 Å². The van der Waals surface area contributed by atoms with Gasteiger partial charge in [-0.05, 0) is 29.8 Å². The maximum absolute atomic E-state index is 14.2. The third-order valence-electron chi connectivity index (χ3n) is 4.31. The smallest absolute Gasteiger partial charge is 0.241 e. The topological polar surface area (TPSA) is 69.3 Å². The molecule has 28 heavy (non-hydrogen) atoms. The van der Waals surface area contributed by atoms with Crippen molar-refractivity contribution in [2.24, 2.45) is 0 Å². The van der Waals surface area contributed by atoms with E-state index in [1.54, 1.807) is 24.5 Å². The van der Waals surface area contributed by atoms with Gasteiger partial charge in [-0.2, -0.15) is 5.26 Å². The normalized spacial score (nSPS) is 11.6. The Morgan fingerprint density at radius 2 is 1.86 bits per heavy atom. The molecule has 0 radical (unpaired) electrons. The van der Waals surface area contributed by atoms with Gasteiger partial charge in [-0.25, -0.2) is 4.39 Å². The van der Waals surface area contributed by atoms with Crippen molar-refractivity contribution in [1.82, 2.24) is 5.32 Å². The van der Waals surface area contributed by atoms with E-state index in [1.807, 2.05) is 42.5 Å². The number of carbonyl (C=O) groups is 1. The van der Waals surface area contributed by atoms with Crippen molar-refractivity contribution in [3.63, 3.8) is 0 Å². The fourth-order valence-corrected chi connectivity index (χ4v) is 2.98.